The second-order valence-corrected chi connectivity index (χ2v) is 6.19. The Morgan fingerprint density at radius 3 is 2.60 bits per heavy atom. The first-order valence-corrected chi connectivity index (χ1v) is 8.29. The molecular formula is C19H19ClN4O. The largest absolute Gasteiger partial charge is 0.350 e. The minimum absolute atomic E-state index is 0.298. The highest BCUT2D eigenvalue weighted by Gasteiger charge is 2.13. The fourth-order valence-electron chi connectivity index (χ4n) is 2.59. The number of amides is 2. The van der Waals surface area contributed by atoms with Gasteiger partial charge in [-0.15, -0.1) is 0 Å². The first-order valence-electron chi connectivity index (χ1n) is 7.91. The number of carbonyl (C=O) groups is 1. The molecule has 0 bridgehead atoms. The van der Waals surface area contributed by atoms with Crippen LogP contribution in [0.4, 0.5) is 16.2 Å². The predicted octanol–water partition coefficient (Wildman–Crippen LogP) is 4.65. The Morgan fingerprint density at radius 2 is 1.92 bits per heavy atom. The van der Waals surface area contributed by atoms with Gasteiger partial charge in [-0.3, -0.25) is 4.99 Å². The molecule has 1 aliphatic heterocycles. The van der Waals surface area contributed by atoms with Crippen LogP contribution in [0, 0.1) is 6.92 Å². The van der Waals surface area contributed by atoms with Crippen LogP contribution in [0.3, 0.4) is 0 Å². The summed E-state index contributed by atoms with van der Waals surface area (Å²) in [6.45, 7) is 1.89. The van der Waals surface area contributed by atoms with Crippen LogP contribution in [0.1, 0.15) is 17.5 Å². The Morgan fingerprint density at radius 1 is 1.16 bits per heavy atom. The fraction of sp³-hybridized carbons (Fsp3) is 0.158. The third kappa shape index (κ3) is 4.19. The Bertz CT molecular complexity index is 873. The second kappa shape index (κ2) is 7.40. The van der Waals surface area contributed by atoms with Gasteiger partial charge in [-0.25, -0.2) is 4.79 Å². The van der Waals surface area contributed by atoms with E-state index in [1.807, 2.05) is 43.5 Å². The quantitative estimate of drug-likeness (QED) is 0.750. The second-order valence-electron chi connectivity index (χ2n) is 5.78. The summed E-state index contributed by atoms with van der Waals surface area (Å²) in [5.74, 6) is 0.934. The van der Waals surface area contributed by atoms with Gasteiger partial charge in [0.2, 0.25) is 0 Å². The van der Waals surface area contributed by atoms with E-state index in [9.17, 15) is 4.79 Å². The van der Waals surface area contributed by atoms with Gasteiger partial charge >= 0.3 is 6.03 Å². The minimum atomic E-state index is -0.298. The zero-order valence-electron chi connectivity index (χ0n) is 14.1. The molecule has 0 fully saturated rings. The number of hydrogen-bond acceptors (Lipinski definition) is 2. The molecule has 3 N–H and O–H groups in total. The number of rotatable bonds is 3. The van der Waals surface area contributed by atoms with Crippen molar-refractivity contribution in [2.24, 2.45) is 4.99 Å². The smallest absolute Gasteiger partial charge is 0.323 e. The van der Waals surface area contributed by atoms with Crippen molar-refractivity contribution in [3.63, 3.8) is 0 Å². The maximum Gasteiger partial charge on any atom is 0.323 e. The number of benzene rings is 2. The number of aryl methyl sites for hydroxylation is 1. The standard InChI is InChI=1S/C19H19ClN4O/c1-12-8-16(6-7-17(12)20)24-19(25)23-15-5-3-4-13(9-15)14-10-18(21-2)22-11-14/h3-9,11H,10H2,1-2H3,(H,21,22)(H2,23,24,25). The molecule has 0 aliphatic carbocycles. The number of nitrogens with zero attached hydrogens (tertiary/aromatic N) is 1. The van der Waals surface area contributed by atoms with E-state index in [1.54, 1.807) is 19.2 Å². The highest BCUT2D eigenvalue weighted by atomic mass is 35.5. The summed E-state index contributed by atoms with van der Waals surface area (Å²) < 4.78 is 0. The van der Waals surface area contributed by atoms with E-state index < -0.39 is 0 Å². The summed E-state index contributed by atoms with van der Waals surface area (Å²) in [5.41, 5.74) is 4.52. The van der Waals surface area contributed by atoms with Gasteiger partial charge in [-0.2, -0.15) is 0 Å². The van der Waals surface area contributed by atoms with E-state index in [1.165, 1.54) is 0 Å². The molecule has 0 spiro atoms. The molecule has 5 nitrogen and oxygen atoms in total. The monoisotopic (exact) mass is 354 g/mol. The molecule has 0 radical (unpaired) electrons. The van der Waals surface area contributed by atoms with Crippen molar-refractivity contribution in [1.29, 1.82) is 0 Å². The van der Waals surface area contributed by atoms with Crippen LogP contribution in [0.15, 0.2) is 53.7 Å². The first kappa shape index (κ1) is 17.0. The lowest BCUT2D eigenvalue weighted by Gasteiger charge is -2.10. The summed E-state index contributed by atoms with van der Waals surface area (Å²) >= 11 is 6.00. The maximum atomic E-state index is 12.2. The van der Waals surface area contributed by atoms with Crippen molar-refractivity contribution in [2.75, 3.05) is 17.7 Å². The molecule has 0 unspecified atom stereocenters. The lowest BCUT2D eigenvalue weighted by atomic mass is 10.0. The van der Waals surface area contributed by atoms with Crippen molar-refractivity contribution >= 4 is 40.4 Å². The topological polar surface area (TPSA) is 65.5 Å². The average molecular weight is 355 g/mol. The van der Waals surface area contributed by atoms with Crippen molar-refractivity contribution in [3.8, 4) is 0 Å². The molecule has 2 aromatic rings. The molecule has 1 aliphatic rings. The molecule has 0 aromatic heterocycles. The van der Waals surface area contributed by atoms with Gasteiger partial charge in [-0.1, -0.05) is 23.7 Å². The molecule has 0 atom stereocenters. The highest BCUT2D eigenvalue weighted by molar-refractivity contribution is 6.31. The Kier molecular flexibility index (Phi) is 5.05. The van der Waals surface area contributed by atoms with Gasteiger partial charge in [-0.05, 0) is 54.0 Å². The van der Waals surface area contributed by atoms with E-state index in [2.05, 4.69) is 20.9 Å². The summed E-state index contributed by atoms with van der Waals surface area (Å²) in [4.78, 5) is 16.4. The van der Waals surface area contributed by atoms with Gasteiger partial charge < -0.3 is 16.0 Å². The number of hydrogen-bond donors (Lipinski definition) is 3. The van der Waals surface area contributed by atoms with Crippen molar-refractivity contribution in [2.45, 2.75) is 13.3 Å². The molecule has 128 valence electrons. The van der Waals surface area contributed by atoms with E-state index >= 15 is 0 Å². The zero-order chi connectivity index (χ0) is 17.8. The molecule has 2 aromatic carbocycles. The molecule has 6 heteroatoms. The number of aliphatic imine (C=N–C) groups is 1. The summed E-state index contributed by atoms with van der Waals surface area (Å²) in [6, 6.07) is 12.8. The van der Waals surface area contributed by atoms with Crippen LogP contribution in [0.5, 0.6) is 0 Å². The van der Waals surface area contributed by atoms with E-state index in [4.69, 9.17) is 11.6 Å². The summed E-state index contributed by atoms with van der Waals surface area (Å²) in [6.07, 6.45) is 2.70. The van der Waals surface area contributed by atoms with Crippen LogP contribution in [0.25, 0.3) is 5.57 Å². The van der Waals surface area contributed by atoms with Gasteiger partial charge in [0, 0.05) is 36.1 Å². The van der Waals surface area contributed by atoms with Gasteiger partial charge in [0.1, 0.15) is 5.84 Å². The molecule has 0 saturated heterocycles. The molecule has 3 rings (SSSR count). The van der Waals surface area contributed by atoms with Gasteiger partial charge in [0.15, 0.2) is 0 Å². The Balaban J connectivity index is 1.67. The van der Waals surface area contributed by atoms with Crippen molar-refractivity contribution < 1.29 is 4.79 Å². The summed E-state index contributed by atoms with van der Waals surface area (Å²) in [5, 5.41) is 9.47. The molecular weight excluding hydrogens is 336 g/mol. The molecule has 0 saturated carbocycles. The van der Waals surface area contributed by atoms with Crippen LogP contribution in [-0.2, 0) is 0 Å². The number of urea groups is 1. The van der Waals surface area contributed by atoms with E-state index in [0.29, 0.717) is 10.7 Å². The lowest BCUT2D eigenvalue weighted by Crippen LogP contribution is -2.19. The number of carbonyl (C=O) groups excluding carboxylic acids is 1. The lowest BCUT2D eigenvalue weighted by molar-refractivity contribution is 0.262. The maximum absolute atomic E-state index is 12.2. The highest BCUT2D eigenvalue weighted by Crippen LogP contribution is 2.24. The minimum Gasteiger partial charge on any atom is -0.350 e. The van der Waals surface area contributed by atoms with Crippen LogP contribution in [-0.4, -0.2) is 18.9 Å². The summed E-state index contributed by atoms with van der Waals surface area (Å²) in [7, 11) is 1.76. The van der Waals surface area contributed by atoms with Crippen molar-refractivity contribution in [1.82, 2.24) is 5.32 Å². The Labute approximate surface area is 151 Å². The molecule has 1 heterocycles. The normalized spacial score (nSPS) is 14.8. The third-order valence-corrected chi connectivity index (χ3v) is 4.37. The number of amidine groups is 1. The van der Waals surface area contributed by atoms with Crippen LogP contribution < -0.4 is 16.0 Å². The predicted molar refractivity (Wildman–Crippen MR) is 104 cm³/mol. The number of halogens is 1. The number of anilines is 2. The zero-order valence-corrected chi connectivity index (χ0v) is 14.8. The third-order valence-electron chi connectivity index (χ3n) is 3.95. The molecule has 2 amide bonds. The first-order chi connectivity index (χ1) is 12.0. The SMILES string of the molecule is CN=C1CC(c2cccc(NC(=O)Nc3ccc(Cl)c(C)c3)c2)=CN1. The van der Waals surface area contributed by atoms with Crippen molar-refractivity contribution in [3.05, 3.63) is 64.8 Å². The average Bonchev–Trinajstić information content (AvgIpc) is 3.07. The fourth-order valence-corrected chi connectivity index (χ4v) is 2.71. The molecule has 25 heavy (non-hydrogen) atoms. The van der Waals surface area contributed by atoms with E-state index in [0.717, 1.165) is 34.6 Å². The van der Waals surface area contributed by atoms with Gasteiger partial charge in [0.05, 0.1) is 0 Å². The van der Waals surface area contributed by atoms with Crippen LogP contribution in [0.2, 0.25) is 5.02 Å². The van der Waals surface area contributed by atoms with Gasteiger partial charge in [0.25, 0.3) is 0 Å². The number of nitrogens with one attached hydrogen (secondary N) is 3. The van der Waals surface area contributed by atoms with Crippen LogP contribution >= 0.6 is 11.6 Å². The van der Waals surface area contributed by atoms with E-state index in [-0.39, 0.29) is 6.03 Å². The Hall–Kier alpha value is -2.79.